The van der Waals surface area contributed by atoms with Crippen molar-refractivity contribution in [3.63, 3.8) is 0 Å². The second-order valence-corrected chi connectivity index (χ2v) is 6.15. The summed E-state index contributed by atoms with van der Waals surface area (Å²) in [5, 5.41) is 3.72. The molecule has 1 heterocycles. The molecule has 1 aliphatic heterocycles. The molecule has 3 rings (SSSR count). The molecule has 1 aromatic rings. The van der Waals surface area contributed by atoms with Gasteiger partial charge in [-0.15, -0.1) is 0 Å². The first-order chi connectivity index (χ1) is 10.3. The number of nitrogens with one attached hydrogen (secondary N) is 1. The van der Waals surface area contributed by atoms with Gasteiger partial charge < -0.3 is 14.8 Å². The summed E-state index contributed by atoms with van der Waals surface area (Å²) in [5.74, 6) is 1.79. The van der Waals surface area contributed by atoms with E-state index in [4.69, 9.17) is 9.47 Å². The molecule has 2 unspecified atom stereocenters. The Hall–Kier alpha value is -1.06. The normalized spacial score (nSPS) is 19.9. The van der Waals surface area contributed by atoms with Gasteiger partial charge in [0.1, 0.15) is 5.75 Å². The number of rotatable bonds is 8. The van der Waals surface area contributed by atoms with Gasteiger partial charge in [-0.1, -0.05) is 19.1 Å². The molecule has 3 heteroatoms. The summed E-state index contributed by atoms with van der Waals surface area (Å²) in [6, 6.07) is 6.98. The molecule has 21 heavy (non-hydrogen) atoms. The maximum atomic E-state index is 6.11. The summed E-state index contributed by atoms with van der Waals surface area (Å²) >= 11 is 0. The molecule has 1 fully saturated rings. The van der Waals surface area contributed by atoms with Gasteiger partial charge in [0.2, 0.25) is 0 Å². The fraction of sp³-hybridized carbons (Fsp3) is 0.667. The summed E-state index contributed by atoms with van der Waals surface area (Å²) in [6.45, 7) is 6.97. The monoisotopic (exact) mass is 289 g/mol. The largest absolute Gasteiger partial charge is 0.493 e. The van der Waals surface area contributed by atoms with Gasteiger partial charge in [0.15, 0.2) is 0 Å². The van der Waals surface area contributed by atoms with Crippen LogP contribution in [-0.2, 0) is 11.2 Å². The van der Waals surface area contributed by atoms with Crippen LogP contribution in [-0.4, -0.2) is 25.9 Å². The van der Waals surface area contributed by atoms with Gasteiger partial charge in [0.25, 0.3) is 0 Å². The molecule has 0 amide bonds. The molecular weight excluding hydrogens is 262 g/mol. The van der Waals surface area contributed by atoms with Crippen molar-refractivity contribution in [3.8, 4) is 5.75 Å². The molecule has 2 aliphatic rings. The smallest absolute Gasteiger partial charge is 0.122 e. The van der Waals surface area contributed by atoms with Crippen LogP contribution < -0.4 is 10.1 Å². The highest BCUT2D eigenvalue weighted by molar-refractivity contribution is 5.41. The highest BCUT2D eigenvalue weighted by atomic mass is 16.5. The Morgan fingerprint density at radius 3 is 2.90 bits per heavy atom. The van der Waals surface area contributed by atoms with E-state index >= 15 is 0 Å². The van der Waals surface area contributed by atoms with Crippen LogP contribution >= 0.6 is 0 Å². The van der Waals surface area contributed by atoms with Crippen LogP contribution in [0.5, 0.6) is 5.75 Å². The number of hydrogen-bond donors (Lipinski definition) is 1. The van der Waals surface area contributed by atoms with E-state index in [-0.39, 0.29) is 0 Å². The lowest BCUT2D eigenvalue weighted by molar-refractivity contribution is 0.0186. The summed E-state index contributed by atoms with van der Waals surface area (Å²) in [4.78, 5) is 0. The number of benzene rings is 1. The van der Waals surface area contributed by atoms with Crippen molar-refractivity contribution in [2.24, 2.45) is 5.92 Å². The van der Waals surface area contributed by atoms with E-state index in [0.29, 0.717) is 12.1 Å². The minimum Gasteiger partial charge on any atom is -0.493 e. The number of hydrogen-bond acceptors (Lipinski definition) is 3. The van der Waals surface area contributed by atoms with Gasteiger partial charge in [-0.05, 0) is 55.8 Å². The molecule has 1 aliphatic carbocycles. The van der Waals surface area contributed by atoms with E-state index in [1.807, 2.05) is 0 Å². The van der Waals surface area contributed by atoms with Gasteiger partial charge in [-0.3, -0.25) is 0 Å². The van der Waals surface area contributed by atoms with Crippen LogP contribution in [0.25, 0.3) is 0 Å². The molecular formula is C18H27NO2. The highest BCUT2D eigenvalue weighted by Gasteiger charge is 2.38. The molecule has 3 nitrogen and oxygen atoms in total. The Kier molecular flexibility index (Phi) is 4.81. The van der Waals surface area contributed by atoms with Crippen LogP contribution in [0.1, 0.15) is 50.3 Å². The lowest BCUT2D eigenvalue weighted by atomic mass is 9.95. The van der Waals surface area contributed by atoms with Crippen LogP contribution in [0.3, 0.4) is 0 Å². The van der Waals surface area contributed by atoms with Crippen molar-refractivity contribution in [2.45, 2.75) is 51.7 Å². The van der Waals surface area contributed by atoms with Crippen molar-refractivity contribution in [2.75, 3.05) is 19.8 Å². The fourth-order valence-corrected chi connectivity index (χ4v) is 3.25. The van der Waals surface area contributed by atoms with Crippen molar-refractivity contribution >= 4 is 0 Å². The second-order valence-electron chi connectivity index (χ2n) is 6.15. The number of ether oxygens (including phenoxy) is 2. The predicted molar refractivity (Wildman–Crippen MR) is 84.8 cm³/mol. The van der Waals surface area contributed by atoms with Gasteiger partial charge in [-0.25, -0.2) is 0 Å². The minimum atomic E-state index is 0.307. The van der Waals surface area contributed by atoms with E-state index in [9.17, 15) is 0 Å². The highest BCUT2D eigenvalue weighted by Crippen LogP contribution is 2.41. The third-order valence-corrected chi connectivity index (χ3v) is 4.46. The van der Waals surface area contributed by atoms with Crippen molar-refractivity contribution < 1.29 is 9.47 Å². The number of fused-ring (bicyclic) bond motifs is 1. The quantitative estimate of drug-likeness (QED) is 0.795. The third-order valence-electron chi connectivity index (χ3n) is 4.46. The van der Waals surface area contributed by atoms with Crippen LogP contribution in [0.4, 0.5) is 0 Å². The molecule has 1 saturated carbocycles. The maximum Gasteiger partial charge on any atom is 0.122 e. The van der Waals surface area contributed by atoms with Gasteiger partial charge in [0, 0.05) is 13.0 Å². The van der Waals surface area contributed by atoms with Gasteiger partial charge in [0.05, 0.1) is 18.8 Å². The average Bonchev–Trinajstić information content (AvgIpc) is 3.23. The summed E-state index contributed by atoms with van der Waals surface area (Å²) in [6.07, 6.45) is 5.11. The molecule has 0 radical (unpaired) electrons. The van der Waals surface area contributed by atoms with Crippen molar-refractivity contribution in [1.29, 1.82) is 0 Å². The second kappa shape index (κ2) is 6.80. The van der Waals surface area contributed by atoms with Crippen LogP contribution in [0.15, 0.2) is 18.2 Å². The molecule has 0 bridgehead atoms. The Bertz CT molecular complexity index is 470. The van der Waals surface area contributed by atoms with Gasteiger partial charge >= 0.3 is 0 Å². The molecule has 2 atom stereocenters. The Morgan fingerprint density at radius 2 is 2.19 bits per heavy atom. The molecule has 116 valence electrons. The van der Waals surface area contributed by atoms with E-state index < -0.39 is 0 Å². The summed E-state index contributed by atoms with van der Waals surface area (Å²) in [7, 11) is 0. The zero-order valence-electron chi connectivity index (χ0n) is 13.2. The first-order valence-corrected chi connectivity index (χ1v) is 8.44. The van der Waals surface area contributed by atoms with Crippen molar-refractivity contribution in [1.82, 2.24) is 5.32 Å². The molecule has 0 spiro atoms. The zero-order chi connectivity index (χ0) is 14.7. The van der Waals surface area contributed by atoms with Gasteiger partial charge in [-0.2, -0.15) is 0 Å². The first-order valence-electron chi connectivity index (χ1n) is 8.44. The lowest BCUT2D eigenvalue weighted by Gasteiger charge is -2.29. The Labute approximate surface area is 128 Å². The summed E-state index contributed by atoms with van der Waals surface area (Å²) in [5.41, 5.74) is 2.71. The Morgan fingerprint density at radius 1 is 1.33 bits per heavy atom. The predicted octanol–water partition coefficient (Wildman–Crippen LogP) is 3.48. The molecule has 1 N–H and O–H groups in total. The first kappa shape index (κ1) is 14.9. The van der Waals surface area contributed by atoms with Crippen LogP contribution in [0, 0.1) is 5.92 Å². The summed E-state index contributed by atoms with van der Waals surface area (Å²) < 4.78 is 11.7. The van der Waals surface area contributed by atoms with Crippen molar-refractivity contribution in [3.05, 3.63) is 29.3 Å². The maximum absolute atomic E-state index is 6.11. The SMILES string of the molecule is CCCNC(c1ccc2c(c1)CCO2)C(OCC)C1CC1. The molecule has 0 aromatic heterocycles. The fourth-order valence-electron chi connectivity index (χ4n) is 3.25. The van der Waals surface area contributed by atoms with E-state index in [0.717, 1.165) is 44.3 Å². The average molecular weight is 289 g/mol. The zero-order valence-corrected chi connectivity index (χ0v) is 13.2. The van der Waals surface area contributed by atoms with E-state index in [1.165, 1.54) is 24.0 Å². The minimum absolute atomic E-state index is 0.307. The third kappa shape index (κ3) is 3.41. The van der Waals surface area contributed by atoms with E-state index in [1.54, 1.807) is 0 Å². The molecule has 0 saturated heterocycles. The van der Waals surface area contributed by atoms with E-state index in [2.05, 4.69) is 37.4 Å². The Balaban J connectivity index is 1.83. The molecule has 1 aromatic carbocycles. The standard InChI is InChI=1S/C18H27NO2/c1-3-10-19-17(18(20-4-2)13-5-6-13)15-7-8-16-14(12-15)9-11-21-16/h7-8,12-13,17-19H,3-6,9-11H2,1-2H3. The van der Waals surface area contributed by atoms with Crippen LogP contribution in [0.2, 0.25) is 0 Å². The topological polar surface area (TPSA) is 30.5 Å². The lowest BCUT2D eigenvalue weighted by Crippen LogP contribution is -2.36.